The van der Waals surface area contributed by atoms with Gasteiger partial charge >= 0.3 is 6.09 Å². The second-order valence-corrected chi connectivity index (χ2v) is 12.1. The predicted molar refractivity (Wildman–Crippen MR) is 159 cm³/mol. The maximum atomic E-state index is 14.4. The minimum absolute atomic E-state index is 0.0264. The van der Waals surface area contributed by atoms with E-state index >= 15 is 0 Å². The summed E-state index contributed by atoms with van der Waals surface area (Å²) in [6, 6.07) is 13.5. The van der Waals surface area contributed by atoms with Crippen molar-refractivity contribution in [3.05, 3.63) is 65.7 Å². The Labute approximate surface area is 252 Å². The molecule has 0 saturated carbocycles. The lowest BCUT2D eigenvalue weighted by molar-refractivity contribution is -0.267. The number of carbonyl (C=O) groups is 4. The fraction of sp³-hybridized carbons (Fsp3) is 0.500. The van der Waals surface area contributed by atoms with Crippen LogP contribution in [-0.4, -0.2) is 86.3 Å². The van der Waals surface area contributed by atoms with Crippen LogP contribution < -0.4 is 5.32 Å². The smallest absolute Gasteiger partial charge is 0.433 e. The average Bonchev–Trinajstić information content (AvgIpc) is 2.95. The molecule has 2 unspecified atom stereocenters. The zero-order valence-corrected chi connectivity index (χ0v) is 25.2. The van der Waals surface area contributed by atoms with Gasteiger partial charge in [0, 0.05) is 19.4 Å². The number of carbonyl (C=O) groups excluding carboxylic acids is 3. The highest BCUT2D eigenvalue weighted by Gasteiger charge is 2.54. The number of hydrogen-bond acceptors (Lipinski definition) is 6. The maximum Gasteiger partial charge on any atom is 0.433 e. The third-order valence-corrected chi connectivity index (χ3v) is 7.84. The molecule has 4 rings (SSSR count). The average molecular weight is 595 g/mol. The number of rotatable bonds is 11. The Morgan fingerprint density at radius 1 is 0.953 bits per heavy atom. The standard InChI is InChI=1S/C32H42N4O7/c1-20(2)14-15-33-29(38)25(17-22-8-6-5-7-9-22)34-19-28-35(26(30(34)39)18-23-10-12-24(37)13-11-23)31(40)27(16-21(3)4)43-36(28)32(41)42/h5-13,20-21,25-28,37H,14-19H2,1-4H3,(H,33,38)(H,41,42)/t25?,26-,27+,28?/m0/s1. The summed E-state index contributed by atoms with van der Waals surface area (Å²) in [5.74, 6) is -0.824. The number of carboxylic acid groups (broad SMARTS) is 1. The van der Waals surface area contributed by atoms with Crippen molar-refractivity contribution in [3.63, 3.8) is 0 Å². The summed E-state index contributed by atoms with van der Waals surface area (Å²) in [6.07, 6.45) is -2.34. The van der Waals surface area contributed by atoms with Gasteiger partial charge in [-0.05, 0) is 47.9 Å². The molecule has 2 heterocycles. The first-order valence-corrected chi connectivity index (χ1v) is 14.9. The molecule has 2 fully saturated rings. The second kappa shape index (κ2) is 13.9. The van der Waals surface area contributed by atoms with Crippen molar-refractivity contribution < 1.29 is 34.2 Å². The molecular weight excluding hydrogens is 552 g/mol. The lowest BCUT2D eigenvalue weighted by atomic mass is 9.94. The van der Waals surface area contributed by atoms with Crippen molar-refractivity contribution in [1.29, 1.82) is 0 Å². The molecule has 2 aromatic carbocycles. The predicted octanol–water partition coefficient (Wildman–Crippen LogP) is 3.41. The molecule has 43 heavy (non-hydrogen) atoms. The van der Waals surface area contributed by atoms with Gasteiger partial charge in [0.25, 0.3) is 5.91 Å². The van der Waals surface area contributed by atoms with E-state index < -0.39 is 42.3 Å². The van der Waals surface area contributed by atoms with Crippen LogP contribution in [0.25, 0.3) is 0 Å². The minimum atomic E-state index is -1.39. The largest absolute Gasteiger partial charge is 0.508 e. The number of amides is 4. The molecule has 2 saturated heterocycles. The molecule has 2 aromatic rings. The normalized spacial score (nSPS) is 21.3. The second-order valence-electron chi connectivity index (χ2n) is 12.1. The molecular formula is C32H42N4O7. The molecule has 2 aliphatic heterocycles. The van der Waals surface area contributed by atoms with E-state index in [0.29, 0.717) is 18.0 Å². The van der Waals surface area contributed by atoms with Crippen LogP contribution in [0.2, 0.25) is 0 Å². The van der Waals surface area contributed by atoms with Crippen molar-refractivity contribution in [3.8, 4) is 5.75 Å². The number of piperazine rings is 1. The number of phenolic OH excluding ortho intramolecular Hbond substituents is 1. The highest BCUT2D eigenvalue weighted by molar-refractivity contribution is 5.95. The van der Waals surface area contributed by atoms with Gasteiger partial charge in [0.05, 0.1) is 6.54 Å². The monoisotopic (exact) mass is 594 g/mol. The number of nitrogens with one attached hydrogen (secondary N) is 1. The molecule has 0 aliphatic carbocycles. The van der Waals surface area contributed by atoms with Crippen LogP contribution in [0.5, 0.6) is 5.75 Å². The van der Waals surface area contributed by atoms with E-state index in [0.717, 1.165) is 17.0 Å². The first-order valence-electron chi connectivity index (χ1n) is 14.9. The van der Waals surface area contributed by atoms with Crippen molar-refractivity contribution in [2.45, 2.75) is 77.7 Å². The molecule has 2 aliphatic rings. The van der Waals surface area contributed by atoms with Gasteiger partial charge in [-0.2, -0.15) is 5.06 Å². The summed E-state index contributed by atoms with van der Waals surface area (Å²) in [5.41, 5.74) is 1.50. The molecule has 0 spiro atoms. The molecule has 0 radical (unpaired) electrons. The summed E-state index contributed by atoms with van der Waals surface area (Å²) in [6.45, 7) is 8.10. The minimum Gasteiger partial charge on any atom is -0.508 e. The van der Waals surface area contributed by atoms with Crippen LogP contribution >= 0.6 is 0 Å². The molecule has 232 valence electrons. The van der Waals surface area contributed by atoms with Crippen LogP contribution in [0.3, 0.4) is 0 Å². The number of phenols is 1. The molecule has 0 aromatic heterocycles. The fourth-order valence-electron chi connectivity index (χ4n) is 5.63. The van der Waals surface area contributed by atoms with Gasteiger partial charge < -0.3 is 25.3 Å². The summed E-state index contributed by atoms with van der Waals surface area (Å²) < 4.78 is 0. The molecule has 4 atom stereocenters. The summed E-state index contributed by atoms with van der Waals surface area (Å²) >= 11 is 0. The van der Waals surface area contributed by atoms with Gasteiger partial charge in [0.2, 0.25) is 11.8 Å². The zero-order valence-electron chi connectivity index (χ0n) is 25.2. The van der Waals surface area contributed by atoms with E-state index in [9.17, 15) is 29.4 Å². The quantitative estimate of drug-likeness (QED) is 0.362. The zero-order chi connectivity index (χ0) is 31.3. The van der Waals surface area contributed by atoms with E-state index in [1.54, 1.807) is 12.1 Å². The van der Waals surface area contributed by atoms with Gasteiger partial charge in [0.15, 0.2) is 12.3 Å². The SMILES string of the molecule is CC(C)CCNC(=O)C(Cc1ccccc1)N1CC2N(C(=O)O)O[C@H](CC(C)C)C(=O)N2[C@@H](Cc2ccc(O)cc2)C1=O. The van der Waals surface area contributed by atoms with Crippen LogP contribution in [-0.2, 0) is 32.1 Å². The Balaban J connectivity index is 1.76. The first-order chi connectivity index (χ1) is 20.5. The van der Waals surface area contributed by atoms with Gasteiger partial charge in [0.1, 0.15) is 17.8 Å². The van der Waals surface area contributed by atoms with E-state index in [1.807, 2.05) is 44.2 Å². The lowest BCUT2D eigenvalue weighted by Crippen LogP contribution is -2.75. The number of aromatic hydroxyl groups is 1. The van der Waals surface area contributed by atoms with Gasteiger partial charge in [-0.3, -0.25) is 19.2 Å². The van der Waals surface area contributed by atoms with Crippen molar-refractivity contribution in [1.82, 2.24) is 20.2 Å². The number of fused-ring (bicyclic) bond motifs is 1. The third kappa shape index (κ3) is 7.64. The van der Waals surface area contributed by atoms with Crippen molar-refractivity contribution >= 4 is 23.8 Å². The van der Waals surface area contributed by atoms with Crippen LogP contribution in [0.15, 0.2) is 54.6 Å². The number of benzene rings is 2. The van der Waals surface area contributed by atoms with E-state index in [1.165, 1.54) is 21.9 Å². The van der Waals surface area contributed by atoms with Gasteiger partial charge in [-0.15, -0.1) is 0 Å². The molecule has 4 amide bonds. The van der Waals surface area contributed by atoms with Crippen LogP contribution in [0.1, 0.15) is 51.7 Å². The Morgan fingerprint density at radius 2 is 1.63 bits per heavy atom. The highest BCUT2D eigenvalue weighted by Crippen LogP contribution is 2.32. The van der Waals surface area contributed by atoms with Gasteiger partial charge in [-0.1, -0.05) is 70.2 Å². The molecule has 3 N–H and O–H groups in total. The number of hydrogen-bond donors (Lipinski definition) is 3. The Hall–Kier alpha value is -4.12. The number of hydroxylamine groups is 2. The molecule has 0 bridgehead atoms. The third-order valence-electron chi connectivity index (χ3n) is 7.84. The topological polar surface area (TPSA) is 140 Å². The van der Waals surface area contributed by atoms with Crippen molar-refractivity contribution in [2.24, 2.45) is 11.8 Å². The Kier molecular flexibility index (Phi) is 10.3. The fourth-order valence-corrected chi connectivity index (χ4v) is 5.63. The van der Waals surface area contributed by atoms with Crippen LogP contribution in [0.4, 0.5) is 4.79 Å². The molecule has 11 heteroatoms. The van der Waals surface area contributed by atoms with Crippen molar-refractivity contribution in [2.75, 3.05) is 13.1 Å². The van der Waals surface area contributed by atoms with E-state index in [4.69, 9.17) is 4.84 Å². The maximum absolute atomic E-state index is 14.4. The highest BCUT2D eigenvalue weighted by atomic mass is 16.7. The van der Waals surface area contributed by atoms with Gasteiger partial charge in [-0.25, -0.2) is 4.79 Å². The summed E-state index contributed by atoms with van der Waals surface area (Å²) in [5, 5.41) is 23.7. The lowest BCUT2D eigenvalue weighted by Gasteiger charge is -2.53. The Bertz CT molecular complexity index is 1280. The number of nitrogens with zero attached hydrogens (tertiary/aromatic N) is 3. The first kappa shape index (κ1) is 31.8. The van der Waals surface area contributed by atoms with E-state index in [2.05, 4.69) is 19.2 Å². The summed E-state index contributed by atoms with van der Waals surface area (Å²) in [4.78, 5) is 63.0. The van der Waals surface area contributed by atoms with Crippen LogP contribution in [0, 0.1) is 11.8 Å². The Morgan fingerprint density at radius 3 is 2.23 bits per heavy atom. The molecule has 11 nitrogen and oxygen atoms in total. The van der Waals surface area contributed by atoms with E-state index in [-0.39, 0.29) is 43.4 Å². The summed E-state index contributed by atoms with van der Waals surface area (Å²) in [7, 11) is 0.